The first-order chi connectivity index (χ1) is 12.6. The summed E-state index contributed by atoms with van der Waals surface area (Å²) in [6.07, 6.45) is 4.77. The first kappa shape index (κ1) is 19.2. The van der Waals surface area contributed by atoms with Crippen LogP contribution in [-0.4, -0.2) is 61.5 Å². The lowest BCUT2D eigenvalue weighted by atomic mass is 9.88. The normalized spacial score (nSPS) is 21.3. The Morgan fingerprint density at radius 3 is 2.62 bits per heavy atom. The van der Waals surface area contributed by atoms with E-state index in [1.807, 2.05) is 13.1 Å². The topological polar surface area (TPSA) is 74.9 Å². The van der Waals surface area contributed by atoms with Gasteiger partial charge in [-0.3, -0.25) is 9.89 Å². The van der Waals surface area contributed by atoms with Crippen molar-refractivity contribution in [2.75, 3.05) is 39.9 Å². The van der Waals surface area contributed by atoms with Gasteiger partial charge in [-0.15, -0.1) is 0 Å². The minimum absolute atomic E-state index is 0.184. The molecule has 1 aromatic rings. The minimum Gasteiger partial charge on any atom is -0.381 e. The fourth-order valence-electron chi connectivity index (χ4n) is 3.87. The van der Waals surface area contributed by atoms with Crippen molar-refractivity contribution >= 4 is 5.96 Å². The van der Waals surface area contributed by atoms with Crippen LogP contribution < -0.4 is 10.6 Å². The average molecular weight is 364 g/mol. The maximum atomic E-state index is 5.62. The third-order valence-electron chi connectivity index (χ3n) is 5.61. The fraction of sp³-hybridized carbons (Fsp3) is 0.789. The second-order valence-electron chi connectivity index (χ2n) is 7.68. The van der Waals surface area contributed by atoms with Gasteiger partial charge in [-0.1, -0.05) is 19.0 Å². The highest BCUT2D eigenvalue weighted by Crippen LogP contribution is 2.30. The van der Waals surface area contributed by atoms with Gasteiger partial charge in [-0.2, -0.15) is 0 Å². The lowest BCUT2D eigenvalue weighted by Crippen LogP contribution is -2.58. The molecule has 0 unspecified atom stereocenters. The van der Waals surface area contributed by atoms with E-state index in [-0.39, 0.29) is 5.54 Å². The van der Waals surface area contributed by atoms with Crippen LogP contribution in [0.3, 0.4) is 0 Å². The van der Waals surface area contributed by atoms with Gasteiger partial charge in [0.1, 0.15) is 0 Å². The smallest absolute Gasteiger partial charge is 0.191 e. The van der Waals surface area contributed by atoms with Crippen LogP contribution in [0.15, 0.2) is 15.6 Å². The van der Waals surface area contributed by atoms with E-state index in [0.29, 0.717) is 12.5 Å². The zero-order chi connectivity index (χ0) is 18.4. The quantitative estimate of drug-likeness (QED) is 0.596. The summed E-state index contributed by atoms with van der Waals surface area (Å²) in [4.78, 5) is 7.02. The molecule has 2 aliphatic heterocycles. The molecule has 2 aliphatic rings. The van der Waals surface area contributed by atoms with E-state index in [9.17, 15) is 0 Å². The van der Waals surface area contributed by atoms with Crippen LogP contribution in [-0.2, 0) is 11.3 Å². The number of rotatable bonds is 6. The van der Waals surface area contributed by atoms with Gasteiger partial charge in [0.2, 0.25) is 0 Å². The highest BCUT2D eigenvalue weighted by Gasteiger charge is 2.39. The zero-order valence-electron chi connectivity index (χ0n) is 16.4. The summed E-state index contributed by atoms with van der Waals surface area (Å²) in [7, 11) is 1.81. The van der Waals surface area contributed by atoms with Crippen LogP contribution in [0.4, 0.5) is 0 Å². The lowest BCUT2D eigenvalue weighted by Gasteiger charge is -2.45. The van der Waals surface area contributed by atoms with E-state index in [1.54, 1.807) is 0 Å². The SMILES string of the molecule is CN=C(NCc1cc(C(C)C)no1)NCC1(N2CCCC2)CCOCC1. The number of likely N-dealkylation sites (tertiary alicyclic amines) is 1. The van der Waals surface area contributed by atoms with Crippen molar-refractivity contribution in [3.8, 4) is 0 Å². The summed E-state index contributed by atoms with van der Waals surface area (Å²) < 4.78 is 11.0. The predicted octanol–water partition coefficient (Wildman–Crippen LogP) is 2.11. The Balaban J connectivity index is 1.54. The summed E-state index contributed by atoms with van der Waals surface area (Å²) in [5.74, 6) is 2.01. The maximum Gasteiger partial charge on any atom is 0.191 e. The van der Waals surface area contributed by atoms with Crippen molar-refractivity contribution in [3.63, 3.8) is 0 Å². The molecule has 146 valence electrons. The number of ether oxygens (including phenoxy) is 1. The number of hydrogen-bond donors (Lipinski definition) is 2. The summed E-state index contributed by atoms with van der Waals surface area (Å²) >= 11 is 0. The Labute approximate surface area is 156 Å². The molecule has 0 bridgehead atoms. The van der Waals surface area contributed by atoms with E-state index in [1.165, 1.54) is 25.9 Å². The zero-order valence-corrected chi connectivity index (χ0v) is 16.4. The predicted molar refractivity (Wildman–Crippen MR) is 102 cm³/mol. The molecular formula is C19H33N5O2. The molecule has 0 aliphatic carbocycles. The van der Waals surface area contributed by atoms with Crippen LogP contribution in [0, 0.1) is 0 Å². The van der Waals surface area contributed by atoms with Crippen molar-refractivity contribution in [3.05, 3.63) is 17.5 Å². The Morgan fingerprint density at radius 2 is 2.00 bits per heavy atom. The lowest BCUT2D eigenvalue weighted by molar-refractivity contribution is -0.0164. The molecule has 0 saturated carbocycles. The largest absolute Gasteiger partial charge is 0.381 e. The summed E-state index contributed by atoms with van der Waals surface area (Å²) in [5, 5.41) is 11.0. The van der Waals surface area contributed by atoms with Gasteiger partial charge in [-0.25, -0.2) is 0 Å². The van der Waals surface area contributed by atoms with E-state index < -0.39 is 0 Å². The standard InChI is InChI=1S/C19H33N5O2/c1-15(2)17-12-16(26-23-17)13-21-18(20-3)22-14-19(6-10-25-11-7-19)24-8-4-5-9-24/h12,15H,4-11,13-14H2,1-3H3,(H2,20,21,22). The van der Waals surface area contributed by atoms with Gasteiger partial charge in [0.25, 0.3) is 0 Å². The van der Waals surface area contributed by atoms with Gasteiger partial charge in [-0.05, 0) is 44.7 Å². The molecule has 0 aromatic carbocycles. The average Bonchev–Trinajstić information content (AvgIpc) is 3.35. The number of hydrogen-bond acceptors (Lipinski definition) is 5. The van der Waals surface area contributed by atoms with E-state index >= 15 is 0 Å². The molecule has 3 heterocycles. The Bertz CT molecular complexity index is 587. The molecule has 26 heavy (non-hydrogen) atoms. The third kappa shape index (κ3) is 4.57. The van der Waals surface area contributed by atoms with Crippen LogP contribution in [0.2, 0.25) is 0 Å². The molecule has 2 fully saturated rings. The maximum absolute atomic E-state index is 5.62. The molecule has 7 heteroatoms. The van der Waals surface area contributed by atoms with Crippen LogP contribution >= 0.6 is 0 Å². The van der Waals surface area contributed by atoms with Gasteiger partial charge in [0, 0.05) is 38.4 Å². The molecule has 1 aromatic heterocycles. The monoisotopic (exact) mass is 363 g/mol. The first-order valence-electron chi connectivity index (χ1n) is 9.86. The number of nitrogens with one attached hydrogen (secondary N) is 2. The molecule has 3 rings (SSSR count). The summed E-state index contributed by atoms with van der Waals surface area (Å²) in [6, 6.07) is 2.01. The molecule has 0 spiro atoms. The fourth-order valence-corrected chi connectivity index (χ4v) is 3.87. The second-order valence-corrected chi connectivity index (χ2v) is 7.68. The molecule has 7 nitrogen and oxygen atoms in total. The van der Waals surface area contributed by atoms with Crippen molar-refractivity contribution in [2.24, 2.45) is 4.99 Å². The highest BCUT2D eigenvalue weighted by molar-refractivity contribution is 5.79. The second kappa shape index (κ2) is 8.86. The van der Waals surface area contributed by atoms with Crippen molar-refractivity contribution < 1.29 is 9.26 Å². The van der Waals surface area contributed by atoms with E-state index in [4.69, 9.17) is 9.26 Å². The van der Waals surface area contributed by atoms with Crippen molar-refractivity contribution in [1.29, 1.82) is 0 Å². The Morgan fingerprint density at radius 1 is 1.27 bits per heavy atom. The van der Waals surface area contributed by atoms with E-state index in [2.05, 4.69) is 39.5 Å². The van der Waals surface area contributed by atoms with Crippen LogP contribution in [0.25, 0.3) is 0 Å². The first-order valence-corrected chi connectivity index (χ1v) is 9.86. The number of aliphatic imine (C=N–C) groups is 1. The van der Waals surface area contributed by atoms with Crippen LogP contribution in [0.1, 0.15) is 56.9 Å². The van der Waals surface area contributed by atoms with Gasteiger partial charge in [0.05, 0.1) is 12.2 Å². The molecule has 2 saturated heterocycles. The minimum atomic E-state index is 0.184. The molecule has 0 radical (unpaired) electrons. The third-order valence-corrected chi connectivity index (χ3v) is 5.61. The summed E-state index contributed by atoms with van der Waals surface area (Å²) in [6.45, 7) is 9.79. The van der Waals surface area contributed by atoms with Crippen molar-refractivity contribution in [1.82, 2.24) is 20.7 Å². The molecule has 2 N–H and O–H groups in total. The highest BCUT2D eigenvalue weighted by atomic mass is 16.5. The molecule has 0 atom stereocenters. The number of guanidine groups is 1. The van der Waals surface area contributed by atoms with Crippen molar-refractivity contribution in [2.45, 2.75) is 57.5 Å². The van der Waals surface area contributed by atoms with Gasteiger partial charge >= 0.3 is 0 Å². The molecule has 0 amide bonds. The number of nitrogens with zero attached hydrogens (tertiary/aromatic N) is 3. The summed E-state index contributed by atoms with van der Waals surface area (Å²) in [5.41, 5.74) is 1.17. The van der Waals surface area contributed by atoms with Crippen LogP contribution in [0.5, 0.6) is 0 Å². The number of aromatic nitrogens is 1. The van der Waals surface area contributed by atoms with Gasteiger partial charge < -0.3 is 19.9 Å². The Hall–Kier alpha value is -1.60. The van der Waals surface area contributed by atoms with Gasteiger partial charge in [0.15, 0.2) is 11.7 Å². The molecular weight excluding hydrogens is 330 g/mol. The Kier molecular flexibility index (Phi) is 6.53. The van der Waals surface area contributed by atoms with E-state index in [0.717, 1.165) is 50.0 Å².